The van der Waals surface area contributed by atoms with Crippen molar-refractivity contribution in [1.29, 1.82) is 5.41 Å². The van der Waals surface area contributed by atoms with E-state index in [4.69, 9.17) is 10.9 Å². The lowest BCUT2D eigenvalue weighted by Gasteiger charge is -2.22. The van der Waals surface area contributed by atoms with Crippen molar-refractivity contribution in [3.05, 3.63) is 22.6 Å². The summed E-state index contributed by atoms with van der Waals surface area (Å²) in [7, 11) is -4.12. The van der Waals surface area contributed by atoms with E-state index in [0.717, 1.165) is 4.41 Å². The highest BCUT2D eigenvalue weighted by molar-refractivity contribution is 7.87. The molecular weight excluding hydrogens is 234 g/mol. The van der Waals surface area contributed by atoms with E-state index in [0.29, 0.717) is 5.71 Å². The largest absolute Gasteiger partial charge is 0.321 e. The Morgan fingerprint density at radius 2 is 2.44 bits per heavy atom. The van der Waals surface area contributed by atoms with Gasteiger partial charge in [-0.05, 0) is 17.7 Å². The van der Waals surface area contributed by atoms with Crippen molar-refractivity contribution in [2.75, 3.05) is 0 Å². The van der Waals surface area contributed by atoms with Crippen LogP contribution in [0.5, 0.6) is 0 Å². The number of azide groups is 1. The van der Waals surface area contributed by atoms with Gasteiger partial charge in [-0.2, -0.15) is 5.10 Å². The van der Waals surface area contributed by atoms with Crippen molar-refractivity contribution in [3.63, 3.8) is 0 Å². The predicted molar refractivity (Wildman–Crippen MR) is 55.7 cm³/mol. The highest BCUT2D eigenvalue weighted by Crippen LogP contribution is 2.20. The van der Waals surface area contributed by atoms with Gasteiger partial charge in [-0.3, -0.25) is 0 Å². The molecule has 0 aromatic heterocycles. The van der Waals surface area contributed by atoms with Crippen LogP contribution in [0.2, 0.25) is 0 Å². The number of rotatable bonds is 2. The lowest BCUT2D eigenvalue weighted by Crippen LogP contribution is -2.45. The Labute approximate surface area is 90.7 Å². The summed E-state index contributed by atoms with van der Waals surface area (Å²) in [6.07, 6.45) is 3.29. The molecule has 0 amide bonds. The molecular formula is C6H7N7O2S. The lowest BCUT2D eigenvalue weighted by molar-refractivity contribution is 0.326. The molecule has 1 atom stereocenters. The van der Waals surface area contributed by atoms with Crippen LogP contribution in [0.25, 0.3) is 10.4 Å². The monoisotopic (exact) mass is 241 g/mol. The first kappa shape index (κ1) is 10.6. The van der Waals surface area contributed by atoms with E-state index >= 15 is 0 Å². The molecule has 0 saturated carbocycles. The van der Waals surface area contributed by atoms with Gasteiger partial charge in [0.2, 0.25) is 0 Å². The van der Waals surface area contributed by atoms with Crippen LogP contribution in [0.4, 0.5) is 0 Å². The number of hydrogen-bond donors (Lipinski definition) is 2. The molecule has 1 aliphatic carbocycles. The highest BCUT2D eigenvalue weighted by atomic mass is 32.2. The summed E-state index contributed by atoms with van der Waals surface area (Å²) in [4.78, 5) is 2.24. The summed E-state index contributed by atoms with van der Waals surface area (Å²) in [5.41, 5.74) is 11.2. The van der Waals surface area contributed by atoms with Gasteiger partial charge in [0, 0.05) is 21.6 Å². The van der Waals surface area contributed by atoms with Crippen LogP contribution in [0.15, 0.2) is 21.8 Å². The van der Waals surface area contributed by atoms with E-state index in [-0.39, 0.29) is 12.1 Å². The van der Waals surface area contributed by atoms with Crippen molar-refractivity contribution in [1.82, 2.24) is 9.95 Å². The second-order valence-corrected chi connectivity index (χ2v) is 4.61. The Morgan fingerprint density at radius 3 is 3.12 bits per heavy atom. The van der Waals surface area contributed by atoms with Gasteiger partial charge in [0.05, 0.1) is 11.8 Å². The summed E-state index contributed by atoms with van der Waals surface area (Å²) in [5.74, 6) is 0. The van der Waals surface area contributed by atoms with Crippen LogP contribution in [-0.4, -0.2) is 30.3 Å². The third kappa shape index (κ3) is 1.65. The number of hydrazone groups is 1. The normalized spacial score (nSPS) is 24.4. The first-order valence-electron chi connectivity index (χ1n) is 4.24. The Morgan fingerprint density at radius 1 is 1.69 bits per heavy atom. The summed E-state index contributed by atoms with van der Waals surface area (Å²) in [6, 6.07) is -0.618. The quantitative estimate of drug-likeness (QED) is 0.402. The molecule has 9 nitrogen and oxygen atoms in total. The molecule has 0 bridgehead atoms. The molecule has 2 aliphatic rings. The molecule has 2 rings (SSSR count). The first-order valence-corrected chi connectivity index (χ1v) is 5.64. The van der Waals surface area contributed by atoms with Crippen molar-refractivity contribution >= 4 is 21.6 Å². The second kappa shape index (κ2) is 3.59. The number of fused-ring (bicyclic) bond motifs is 1. The van der Waals surface area contributed by atoms with Gasteiger partial charge in [0.25, 0.3) is 0 Å². The van der Waals surface area contributed by atoms with Gasteiger partial charge in [-0.15, -0.1) is 0 Å². The topological polar surface area (TPSA) is 134 Å². The maximum absolute atomic E-state index is 11.5. The summed E-state index contributed by atoms with van der Waals surface area (Å²) >= 11 is 0. The zero-order valence-electron chi connectivity index (χ0n) is 7.90. The minimum absolute atomic E-state index is 0.197. The molecule has 0 spiro atoms. The van der Waals surface area contributed by atoms with Crippen LogP contribution in [0.1, 0.15) is 6.42 Å². The standard InChI is InChI=1S/C6H7N7O2S/c7-4-1-2-5-6(3-4)13(11-9-5)16(14,15)12-10-8/h1-2,6-7,11H,3H2. The second-order valence-electron chi connectivity index (χ2n) is 3.16. The van der Waals surface area contributed by atoms with E-state index < -0.39 is 16.3 Å². The highest BCUT2D eigenvalue weighted by Gasteiger charge is 2.38. The number of nitrogens with one attached hydrogen (secondary N) is 2. The van der Waals surface area contributed by atoms with Gasteiger partial charge >= 0.3 is 10.2 Å². The summed E-state index contributed by atoms with van der Waals surface area (Å²) < 4.78 is 26.4. The van der Waals surface area contributed by atoms with Crippen LogP contribution in [0.3, 0.4) is 0 Å². The SMILES string of the molecule is [N-]=[N+]=NS(=O)(=O)N1NN=C2C=CC(=N)CC21. The minimum atomic E-state index is -4.12. The van der Waals surface area contributed by atoms with Gasteiger partial charge in [0.1, 0.15) is 0 Å². The number of hydrogen-bond acceptors (Lipinski definition) is 5. The smallest absolute Gasteiger partial charge is 0.305 e. The Hall–Kier alpha value is -1.90. The fourth-order valence-electron chi connectivity index (χ4n) is 1.47. The van der Waals surface area contributed by atoms with Crippen LogP contribution < -0.4 is 5.53 Å². The zero-order valence-corrected chi connectivity index (χ0v) is 8.72. The van der Waals surface area contributed by atoms with E-state index in [2.05, 4.69) is 20.1 Å². The fourth-order valence-corrected chi connectivity index (χ4v) is 2.29. The molecule has 10 heteroatoms. The van der Waals surface area contributed by atoms with Crippen molar-refractivity contribution in [2.24, 2.45) is 9.62 Å². The molecule has 2 N–H and O–H groups in total. The number of nitrogens with zero attached hydrogens (tertiary/aromatic N) is 5. The summed E-state index contributed by atoms with van der Waals surface area (Å²) in [6.45, 7) is 0. The Bertz CT molecular complexity index is 541. The van der Waals surface area contributed by atoms with Crippen molar-refractivity contribution in [3.8, 4) is 0 Å². The Balaban J connectivity index is 2.33. The molecule has 84 valence electrons. The van der Waals surface area contributed by atoms with Crippen LogP contribution in [0, 0.1) is 5.41 Å². The summed E-state index contributed by atoms with van der Waals surface area (Å²) in [5, 5.41) is 11.2. The number of hydrazine groups is 1. The molecule has 0 aromatic rings. The third-order valence-electron chi connectivity index (χ3n) is 2.16. The zero-order chi connectivity index (χ0) is 11.8. The predicted octanol–water partition coefficient (Wildman–Crippen LogP) is 0.0660. The molecule has 1 aliphatic heterocycles. The average Bonchev–Trinajstić information content (AvgIpc) is 2.60. The average molecular weight is 241 g/mol. The minimum Gasteiger partial charge on any atom is -0.305 e. The molecule has 0 saturated heterocycles. The molecule has 0 aromatic carbocycles. The van der Waals surface area contributed by atoms with Gasteiger partial charge in [-0.1, -0.05) is 4.41 Å². The Kier molecular flexibility index (Phi) is 2.38. The van der Waals surface area contributed by atoms with Crippen molar-refractivity contribution in [2.45, 2.75) is 12.5 Å². The maximum Gasteiger partial charge on any atom is 0.321 e. The van der Waals surface area contributed by atoms with E-state index in [1.165, 1.54) is 0 Å². The molecule has 0 fully saturated rings. The molecule has 0 radical (unpaired) electrons. The fraction of sp³-hybridized carbons (Fsp3) is 0.333. The molecule has 1 unspecified atom stereocenters. The number of allylic oxidation sites excluding steroid dienone is 1. The van der Waals surface area contributed by atoms with Crippen LogP contribution in [-0.2, 0) is 10.2 Å². The van der Waals surface area contributed by atoms with Gasteiger partial charge in [0.15, 0.2) is 0 Å². The maximum atomic E-state index is 11.5. The van der Waals surface area contributed by atoms with E-state index in [1.807, 2.05) is 0 Å². The van der Waals surface area contributed by atoms with Crippen molar-refractivity contribution < 1.29 is 8.42 Å². The molecule has 16 heavy (non-hydrogen) atoms. The van der Waals surface area contributed by atoms with E-state index in [9.17, 15) is 8.42 Å². The van der Waals surface area contributed by atoms with E-state index in [1.54, 1.807) is 12.2 Å². The molecule has 1 heterocycles. The third-order valence-corrected chi connectivity index (χ3v) is 3.27. The first-order chi connectivity index (χ1) is 7.54. The van der Waals surface area contributed by atoms with Crippen LogP contribution >= 0.6 is 0 Å². The van der Waals surface area contributed by atoms with Gasteiger partial charge in [-0.25, -0.2) is 14.0 Å². The van der Waals surface area contributed by atoms with Gasteiger partial charge < -0.3 is 5.41 Å². The lowest BCUT2D eigenvalue weighted by atomic mass is 9.99.